The van der Waals surface area contributed by atoms with Crippen LogP contribution >= 0.6 is 0 Å². The number of carbonyl (C=O) groups is 1. The van der Waals surface area contributed by atoms with Crippen LogP contribution in [-0.4, -0.2) is 10.5 Å². The summed E-state index contributed by atoms with van der Waals surface area (Å²) in [5, 5.41) is 0. The van der Waals surface area contributed by atoms with Gasteiger partial charge in [0.1, 0.15) is 0 Å². The first-order chi connectivity index (χ1) is 10.3. The molecule has 0 unspecified atom stereocenters. The third kappa shape index (κ3) is 2.86. The number of amides is 1. The minimum Gasteiger partial charge on any atom is -0.366 e. The second kappa shape index (κ2) is 5.87. The van der Waals surface area contributed by atoms with E-state index in [1.165, 1.54) is 18.3 Å². The molecule has 2 rings (SSSR count). The van der Waals surface area contributed by atoms with Gasteiger partial charge in [0.05, 0.1) is 16.8 Å². The molecule has 22 heavy (non-hydrogen) atoms. The normalized spacial score (nSPS) is 11.7. The van der Waals surface area contributed by atoms with E-state index in [0.717, 1.165) is 12.5 Å². The third-order valence-corrected chi connectivity index (χ3v) is 3.55. The molecule has 0 aliphatic heterocycles. The minimum atomic E-state index is -4.46. The lowest BCUT2D eigenvalue weighted by Crippen LogP contribution is -2.11. The van der Waals surface area contributed by atoms with Crippen molar-refractivity contribution in [2.75, 3.05) is 0 Å². The maximum absolute atomic E-state index is 13.2. The summed E-state index contributed by atoms with van der Waals surface area (Å²) in [6.07, 6.45) is -2.20. The number of primary amides is 1. The monoisotopic (exact) mass is 310 g/mol. The van der Waals surface area contributed by atoms with Crippen LogP contribution in [0.2, 0.25) is 0 Å². The smallest absolute Gasteiger partial charge is 0.366 e. The number of benzene rings is 1. The van der Waals surface area contributed by atoms with E-state index in [2.05, 4.69) is 0 Å². The number of alkyl halides is 3. The van der Waals surface area contributed by atoms with Crippen LogP contribution in [0.4, 0.5) is 13.2 Å². The Kier molecular flexibility index (Phi) is 4.30. The highest BCUT2D eigenvalue weighted by molar-refractivity contribution is 5.96. The number of aryl methyl sites for hydroxylation is 1. The van der Waals surface area contributed by atoms with E-state index in [-0.39, 0.29) is 11.1 Å². The van der Waals surface area contributed by atoms with E-state index in [1.807, 2.05) is 6.92 Å². The van der Waals surface area contributed by atoms with Crippen LogP contribution in [0.1, 0.15) is 34.8 Å². The number of rotatable bonds is 4. The van der Waals surface area contributed by atoms with E-state index < -0.39 is 17.6 Å². The maximum Gasteiger partial charge on any atom is 0.417 e. The van der Waals surface area contributed by atoms with Gasteiger partial charge in [0.15, 0.2) is 0 Å². The van der Waals surface area contributed by atoms with Crippen molar-refractivity contribution in [3.05, 3.63) is 47.2 Å². The molecule has 0 saturated heterocycles. The van der Waals surface area contributed by atoms with E-state index >= 15 is 0 Å². The zero-order valence-electron chi connectivity index (χ0n) is 12.4. The molecule has 1 aromatic heterocycles. The lowest BCUT2D eigenvalue weighted by atomic mass is 10.00. The summed E-state index contributed by atoms with van der Waals surface area (Å²) in [5.41, 5.74) is 5.78. The number of nitrogens with two attached hydrogens (primary N) is 1. The fourth-order valence-corrected chi connectivity index (χ4v) is 2.62. The van der Waals surface area contributed by atoms with Gasteiger partial charge < -0.3 is 10.3 Å². The molecule has 0 aliphatic rings. The van der Waals surface area contributed by atoms with Crippen molar-refractivity contribution in [1.82, 2.24) is 4.57 Å². The van der Waals surface area contributed by atoms with Crippen molar-refractivity contribution in [2.24, 2.45) is 5.73 Å². The van der Waals surface area contributed by atoms with E-state index in [0.29, 0.717) is 17.8 Å². The van der Waals surface area contributed by atoms with E-state index in [1.54, 1.807) is 17.6 Å². The maximum atomic E-state index is 13.2. The quantitative estimate of drug-likeness (QED) is 0.912. The average molecular weight is 310 g/mol. The molecule has 0 fully saturated rings. The van der Waals surface area contributed by atoms with Crippen molar-refractivity contribution in [1.29, 1.82) is 0 Å². The summed E-state index contributed by atoms with van der Waals surface area (Å²) >= 11 is 0. The first-order valence-corrected chi connectivity index (χ1v) is 6.93. The molecule has 2 N–H and O–H groups in total. The Morgan fingerprint density at radius 1 is 1.27 bits per heavy atom. The summed E-state index contributed by atoms with van der Waals surface area (Å²) in [6, 6.07) is 5.37. The molecule has 3 nitrogen and oxygen atoms in total. The predicted molar refractivity (Wildman–Crippen MR) is 78.4 cm³/mol. The fourth-order valence-electron chi connectivity index (χ4n) is 2.62. The van der Waals surface area contributed by atoms with Gasteiger partial charge >= 0.3 is 6.18 Å². The van der Waals surface area contributed by atoms with Crippen molar-refractivity contribution in [2.45, 2.75) is 33.0 Å². The van der Waals surface area contributed by atoms with Gasteiger partial charge in [-0.25, -0.2) is 0 Å². The molecule has 118 valence electrons. The topological polar surface area (TPSA) is 48.0 Å². The SMILES string of the molecule is CCCn1cc(C(N)=O)c(C)c1-c1ccccc1C(F)(F)F. The van der Waals surface area contributed by atoms with Gasteiger partial charge in [0.25, 0.3) is 5.91 Å². The van der Waals surface area contributed by atoms with Gasteiger partial charge in [-0.05, 0) is 25.0 Å². The Balaban J connectivity index is 2.75. The second-order valence-electron chi connectivity index (χ2n) is 5.12. The molecule has 2 aromatic rings. The standard InChI is InChI=1S/C16H17F3N2O/c1-3-8-21-9-12(15(20)22)10(2)14(21)11-6-4-5-7-13(11)16(17,18)19/h4-7,9H,3,8H2,1-2H3,(H2,20,22). The lowest BCUT2D eigenvalue weighted by molar-refractivity contribution is -0.137. The molecular weight excluding hydrogens is 293 g/mol. The third-order valence-electron chi connectivity index (χ3n) is 3.55. The number of hydrogen-bond donors (Lipinski definition) is 1. The number of nitrogens with zero attached hydrogens (tertiary/aromatic N) is 1. The van der Waals surface area contributed by atoms with Crippen molar-refractivity contribution in [3.63, 3.8) is 0 Å². The summed E-state index contributed by atoms with van der Waals surface area (Å²) in [4.78, 5) is 11.5. The van der Waals surface area contributed by atoms with Gasteiger partial charge in [-0.3, -0.25) is 4.79 Å². The molecule has 1 aromatic carbocycles. The minimum absolute atomic E-state index is 0.0634. The van der Waals surface area contributed by atoms with Crippen LogP contribution < -0.4 is 5.73 Å². The molecule has 0 saturated carbocycles. The summed E-state index contributed by atoms with van der Waals surface area (Å²) < 4.78 is 41.4. The highest BCUT2D eigenvalue weighted by atomic mass is 19.4. The molecule has 0 aliphatic carbocycles. The number of carbonyl (C=O) groups excluding carboxylic acids is 1. The van der Waals surface area contributed by atoms with Crippen LogP contribution in [-0.2, 0) is 12.7 Å². The molecule has 0 spiro atoms. The van der Waals surface area contributed by atoms with Gasteiger partial charge in [0.2, 0.25) is 0 Å². The zero-order chi connectivity index (χ0) is 16.5. The number of halogens is 3. The van der Waals surface area contributed by atoms with E-state index in [9.17, 15) is 18.0 Å². The van der Waals surface area contributed by atoms with E-state index in [4.69, 9.17) is 5.73 Å². The lowest BCUT2D eigenvalue weighted by Gasteiger charge is -2.16. The first-order valence-electron chi connectivity index (χ1n) is 6.93. The highest BCUT2D eigenvalue weighted by Crippen LogP contribution is 2.39. The van der Waals surface area contributed by atoms with Gasteiger partial charge in [-0.2, -0.15) is 13.2 Å². The van der Waals surface area contributed by atoms with Crippen LogP contribution in [0.5, 0.6) is 0 Å². The fraction of sp³-hybridized carbons (Fsp3) is 0.312. The largest absolute Gasteiger partial charge is 0.417 e. The molecular formula is C16H17F3N2O. The summed E-state index contributed by atoms with van der Waals surface area (Å²) in [6.45, 7) is 4.04. The first kappa shape index (κ1) is 16.1. The van der Waals surface area contributed by atoms with Crippen LogP contribution in [0, 0.1) is 6.92 Å². The molecule has 0 atom stereocenters. The molecule has 6 heteroatoms. The average Bonchev–Trinajstić information content (AvgIpc) is 2.75. The van der Waals surface area contributed by atoms with Crippen molar-refractivity contribution >= 4 is 5.91 Å². The second-order valence-corrected chi connectivity index (χ2v) is 5.12. The van der Waals surface area contributed by atoms with Crippen LogP contribution in [0.3, 0.4) is 0 Å². The number of aromatic nitrogens is 1. The Morgan fingerprint density at radius 3 is 2.45 bits per heavy atom. The molecule has 0 bridgehead atoms. The highest BCUT2D eigenvalue weighted by Gasteiger charge is 2.34. The Bertz CT molecular complexity index is 702. The van der Waals surface area contributed by atoms with Crippen LogP contribution in [0.25, 0.3) is 11.3 Å². The molecule has 1 heterocycles. The summed E-state index contributed by atoms with van der Waals surface area (Å²) in [7, 11) is 0. The predicted octanol–water partition coefficient (Wildman–Crippen LogP) is 3.99. The summed E-state index contributed by atoms with van der Waals surface area (Å²) in [5.74, 6) is -0.641. The molecule has 0 radical (unpaired) electrons. The Morgan fingerprint density at radius 2 is 1.91 bits per heavy atom. The van der Waals surface area contributed by atoms with Gasteiger partial charge in [-0.1, -0.05) is 25.1 Å². The van der Waals surface area contributed by atoms with Gasteiger partial charge in [0, 0.05) is 18.3 Å². The zero-order valence-corrected chi connectivity index (χ0v) is 12.4. The van der Waals surface area contributed by atoms with Gasteiger partial charge in [-0.15, -0.1) is 0 Å². The van der Waals surface area contributed by atoms with Crippen LogP contribution in [0.15, 0.2) is 30.5 Å². The van der Waals surface area contributed by atoms with Crippen molar-refractivity contribution < 1.29 is 18.0 Å². The Hall–Kier alpha value is -2.24. The number of hydrogen-bond acceptors (Lipinski definition) is 1. The van der Waals surface area contributed by atoms with Crippen molar-refractivity contribution in [3.8, 4) is 11.3 Å². The molecule has 1 amide bonds. The Labute approximate surface area is 126 Å².